The molecule has 1 heterocycles. The molecule has 0 bridgehead atoms. The van der Waals surface area contributed by atoms with E-state index < -0.39 is 0 Å². The molecule has 0 radical (unpaired) electrons. The molecule has 1 saturated carbocycles. The van der Waals surface area contributed by atoms with Crippen molar-refractivity contribution in [3.63, 3.8) is 0 Å². The topological polar surface area (TPSA) is 51.2 Å². The predicted octanol–water partition coefficient (Wildman–Crippen LogP) is 3.66. The third-order valence-corrected chi connectivity index (χ3v) is 4.33. The van der Waals surface area contributed by atoms with Gasteiger partial charge in [0.15, 0.2) is 0 Å². The summed E-state index contributed by atoms with van der Waals surface area (Å²) in [7, 11) is 0. The Bertz CT molecular complexity index is 555. The van der Waals surface area contributed by atoms with Crippen molar-refractivity contribution in [3.05, 3.63) is 59.0 Å². The van der Waals surface area contributed by atoms with E-state index in [0.29, 0.717) is 0 Å². The molecule has 3 heteroatoms. The maximum absolute atomic E-state index is 5.81. The Hall–Kier alpha value is -1.58. The van der Waals surface area contributed by atoms with Gasteiger partial charge in [-0.1, -0.05) is 37.6 Å². The summed E-state index contributed by atoms with van der Waals surface area (Å²) in [6.45, 7) is 2.08. The van der Waals surface area contributed by atoms with E-state index in [-0.39, 0.29) is 6.04 Å². The van der Waals surface area contributed by atoms with Crippen LogP contribution in [-0.4, -0.2) is 0 Å². The molecule has 3 rings (SSSR count). The van der Waals surface area contributed by atoms with E-state index in [1.165, 1.54) is 24.8 Å². The van der Waals surface area contributed by atoms with Crippen LogP contribution in [0.15, 0.2) is 40.8 Å². The summed E-state index contributed by atoms with van der Waals surface area (Å²) in [6, 6.07) is 12.7. The van der Waals surface area contributed by atoms with Crippen molar-refractivity contribution < 1.29 is 4.42 Å². The Morgan fingerprint density at radius 2 is 1.95 bits per heavy atom. The number of hydrogen-bond acceptors (Lipinski definition) is 3. The van der Waals surface area contributed by atoms with E-state index in [1.54, 1.807) is 0 Å². The average molecular weight is 270 g/mol. The largest absolute Gasteiger partial charge is 0.464 e. The predicted molar refractivity (Wildman–Crippen MR) is 80.3 cm³/mol. The molecule has 1 aromatic heterocycles. The molecule has 20 heavy (non-hydrogen) atoms. The van der Waals surface area contributed by atoms with Gasteiger partial charge in [-0.2, -0.15) is 0 Å². The first kappa shape index (κ1) is 13.4. The van der Waals surface area contributed by atoms with E-state index >= 15 is 0 Å². The van der Waals surface area contributed by atoms with Crippen molar-refractivity contribution in [1.29, 1.82) is 0 Å². The van der Waals surface area contributed by atoms with Gasteiger partial charge in [-0.15, -0.1) is 0 Å². The van der Waals surface area contributed by atoms with Crippen LogP contribution in [0.2, 0.25) is 0 Å². The number of aryl methyl sites for hydroxylation is 1. The van der Waals surface area contributed by atoms with Gasteiger partial charge in [-0.25, -0.2) is 5.43 Å². The van der Waals surface area contributed by atoms with Crippen LogP contribution in [-0.2, 0) is 6.42 Å². The molecule has 106 valence electrons. The van der Waals surface area contributed by atoms with Crippen LogP contribution < -0.4 is 11.3 Å². The molecule has 1 aliphatic rings. The highest BCUT2D eigenvalue weighted by atomic mass is 16.3. The lowest BCUT2D eigenvalue weighted by Gasteiger charge is -2.26. The molecular weight excluding hydrogens is 248 g/mol. The summed E-state index contributed by atoms with van der Waals surface area (Å²) in [5.41, 5.74) is 5.45. The minimum atomic E-state index is -0.0780. The molecule has 0 spiro atoms. The molecule has 3 N–H and O–H groups in total. The second kappa shape index (κ2) is 5.81. The molecule has 1 atom stereocenters. The third-order valence-electron chi connectivity index (χ3n) is 4.33. The maximum Gasteiger partial charge on any atom is 0.126 e. The van der Waals surface area contributed by atoms with Crippen molar-refractivity contribution >= 4 is 0 Å². The van der Waals surface area contributed by atoms with Crippen LogP contribution in [0.4, 0.5) is 0 Å². The van der Waals surface area contributed by atoms with Gasteiger partial charge in [-0.05, 0) is 42.0 Å². The molecule has 2 aromatic rings. The van der Waals surface area contributed by atoms with Gasteiger partial charge in [0.2, 0.25) is 0 Å². The smallest absolute Gasteiger partial charge is 0.126 e. The number of hydrazine groups is 1. The standard InChI is InChI=1S/C17H22N2O/c1-2-15-10-11-16(20-15)17(19-18)14-8-6-13(7-9-14)12-4-3-5-12/h6-12,17,19H,2-5,18H2,1H3. The fraction of sp³-hybridized carbons (Fsp3) is 0.412. The highest BCUT2D eigenvalue weighted by Gasteiger charge is 2.21. The van der Waals surface area contributed by atoms with Gasteiger partial charge < -0.3 is 4.42 Å². The van der Waals surface area contributed by atoms with Gasteiger partial charge in [0.1, 0.15) is 17.6 Å². The zero-order valence-electron chi connectivity index (χ0n) is 11.9. The van der Waals surface area contributed by atoms with Gasteiger partial charge in [0.25, 0.3) is 0 Å². The normalized spacial score (nSPS) is 16.9. The SMILES string of the molecule is CCc1ccc(C(NN)c2ccc(C3CCC3)cc2)o1. The highest BCUT2D eigenvalue weighted by Crippen LogP contribution is 2.36. The summed E-state index contributed by atoms with van der Waals surface area (Å²) in [6.07, 6.45) is 4.93. The molecular formula is C17H22N2O. The first-order valence-electron chi connectivity index (χ1n) is 7.46. The monoisotopic (exact) mass is 270 g/mol. The lowest BCUT2D eigenvalue weighted by molar-refractivity contribution is 0.418. The lowest BCUT2D eigenvalue weighted by atomic mass is 9.80. The zero-order chi connectivity index (χ0) is 13.9. The van der Waals surface area contributed by atoms with Crippen LogP contribution in [0.1, 0.15) is 60.8 Å². The van der Waals surface area contributed by atoms with Crippen molar-refractivity contribution in [2.45, 2.75) is 44.6 Å². The van der Waals surface area contributed by atoms with E-state index in [0.717, 1.165) is 29.4 Å². The van der Waals surface area contributed by atoms with E-state index in [9.17, 15) is 0 Å². The molecule has 0 saturated heterocycles. The fourth-order valence-corrected chi connectivity index (χ4v) is 2.78. The van der Waals surface area contributed by atoms with E-state index in [1.807, 2.05) is 12.1 Å². The number of nitrogens with one attached hydrogen (secondary N) is 1. The molecule has 1 fully saturated rings. The Kier molecular flexibility index (Phi) is 3.90. The minimum Gasteiger partial charge on any atom is -0.464 e. The van der Waals surface area contributed by atoms with Crippen molar-refractivity contribution in [2.24, 2.45) is 5.84 Å². The summed E-state index contributed by atoms with van der Waals surface area (Å²) in [5, 5.41) is 0. The summed E-state index contributed by atoms with van der Waals surface area (Å²) >= 11 is 0. The Morgan fingerprint density at radius 1 is 1.20 bits per heavy atom. The van der Waals surface area contributed by atoms with Gasteiger partial charge in [0, 0.05) is 6.42 Å². The average Bonchev–Trinajstić information content (AvgIpc) is 2.88. The van der Waals surface area contributed by atoms with Gasteiger partial charge in [-0.3, -0.25) is 5.84 Å². The fourth-order valence-electron chi connectivity index (χ4n) is 2.78. The van der Waals surface area contributed by atoms with Gasteiger partial charge in [0.05, 0.1) is 0 Å². The van der Waals surface area contributed by atoms with Crippen LogP contribution in [0.25, 0.3) is 0 Å². The zero-order valence-corrected chi connectivity index (χ0v) is 11.9. The minimum absolute atomic E-state index is 0.0780. The van der Waals surface area contributed by atoms with Crippen molar-refractivity contribution in [2.75, 3.05) is 0 Å². The van der Waals surface area contributed by atoms with Crippen LogP contribution >= 0.6 is 0 Å². The van der Waals surface area contributed by atoms with Crippen molar-refractivity contribution in [3.8, 4) is 0 Å². The lowest BCUT2D eigenvalue weighted by Crippen LogP contribution is -2.28. The second-order valence-electron chi connectivity index (χ2n) is 5.55. The molecule has 0 aliphatic heterocycles. The summed E-state index contributed by atoms with van der Waals surface area (Å²) in [4.78, 5) is 0. The quantitative estimate of drug-likeness (QED) is 0.644. The van der Waals surface area contributed by atoms with E-state index in [4.69, 9.17) is 10.3 Å². The Balaban J connectivity index is 1.81. The van der Waals surface area contributed by atoms with Crippen LogP contribution in [0.3, 0.4) is 0 Å². The molecule has 1 unspecified atom stereocenters. The number of benzene rings is 1. The summed E-state index contributed by atoms with van der Waals surface area (Å²) < 4.78 is 5.81. The Morgan fingerprint density at radius 3 is 2.45 bits per heavy atom. The second-order valence-corrected chi connectivity index (χ2v) is 5.55. The van der Waals surface area contributed by atoms with E-state index in [2.05, 4.69) is 36.6 Å². The number of furan rings is 1. The third kappa shape index (κ3) is 2.51. The maximum atomic E-state index is 5.81. The molecule has 1 aromatic carbocycles. The number of rotatable bonds is 5. The van der Waals surface area contributed by atoms with Gasteiger partial charge >= 0.3 is 0 Å². The number of hydrogen-bond donors (Lipinski definition) is 2. The molecule has 3 nitrogen and oxygen atoms in total. The van der Waals surface area contributed by atoms with Crippen LogP contribution in [0, 0.1) is 0 Å². The number of nitrogens with two attached hydrogens (primary N) is 1. The molecule has 1 aliphatic carbocycles. The Labute approximate surface area is 120 Å². The first-order chi connectivity index (χ1) is 9.81. The van der Waals surface area contributed by atoms with Crippen LogP contribution in [0.5, 0.6) is 0 Å². The summed E-state index contributed by atoms with van der Waals surface area (Å²) in [5.74, 6) is 8.35. The highest BCUT2D eigenvalue weighted by molar-refractivity contribution is 5.32. The first-order valence-corrected chi connectivity index (χ1v) is 7.46. The van der Waals surface area contributed by atoms with Crippen molar-refractivity contribution in [1.82, 2.24) is 5.43 Å². The molecule has 0 amide bonds.